The van der Waals surface area contributed by atoms with Gasteiger partial charge in [0.2, 0.25) is 0 Å². The average molecular weight is 346 g/mol. The molecule has 0 aliphatic rings. The fourth-order valence-electron chi connectivity index (χ4n) is 2.20. The van der Waals surface area contributed by atoms with Crippen molar-refractivity contribution in [1.82, 2.24) is 14.9 Å². The largest absolute Gasteiger partial charge is 0.347 e. The first kappa shape index (κ1) is 15.8. The highest BCUT2D eigenvalue weighted by atomic mass is 35.5. The van der Waals surface area contributed by atoms with E-state index in [0.29, 0.717) is 17.3 Å². The van der Waals surface area contributed by atoms with E-state index < -0.39 is 0 Å². The lowest BCUT2D eigenvalue weighted by Gasteiger charge is -2.04. The highest BCUT2D eigenvalue weighted by molar-refractivity contribution is 7.13. The molecule has 4 nitrogen and oxygen atoms in total. The van der Waals surface area contributed by atoms with Crippen LogP contribution in [-0.4, -0.2) is 15.5 Å². The predicted octanol–water partition coefficient (Wildman–Crippen LogP) is 4.04. The zero-order valence-electron chi connectivity index (χ0n) is 12.8. The number of nitrogens with one attached hydrogen (secondary N) is 1. The van der Waals surface area contributed by atoms with Crippen LogP contribution < -0.4 is 5.32 Å². The molecule has 0 unspecified atom stereocenters. The Labute approximate surface area is 143 Å². The number of carbonyl (C=O) groups is 1. The van der Waals surface area contributed by atoms with Crippen LogP contribution in [0.3, 0.4) is 0 Å². The van der Waals surface area contributed by atoms with Crippen LogP contribution in [0.4, 0.5) is 0 Å². The highest BCUT2D eigenvalue weighted by Crippen LogP contribution is 2.25. The molecular formula is C17H16ClN3OS. The second kappa shape index (κ2) is 6.56. The fourth-order valence-corrected chi connectivity index (χ4v) is 3.18. The summed E-state index contributed by atoms with van der Waals surface area (Å²) in [5.41, 5.74) is 3.61. The number of amides is 1. The van der Waals surface area contributed by atoms with Crippen molar-refractivity contribution in [2.75, 3.05) is 0 Å². The molecule has 0 atom stereocenters. The van der Waals surface area contributed by atoms with Crippen molar-refractivity contribution in [3.05, 3.63) is 63.8 Å². The molecule has 0 bridgehead atoms. The quantitative estimate of drug-likeness (QED) is 0.775. The number of rotatable bonds is 4. The molecule has 0 saturated heterocycles. The molecule has 2 heterocycles. The Bertz CT molecular complexity index is 836. The summed E-state index contributed by atoms with van der Waals surface area (Å²) in [6.07, 6.45) is 0. The number of thiazole rings is 1. The summed E-state index contributed by atoms with van der Waals surface area (Å²) in [7, 11) is 1.99. The van der Waals surface area contributed by atoms with E-state index in [-0.39, 0.29) is 5.91 Å². The van der Waals surface area contributed by atoms with Gasteiger partial charge in [0.05, 0.1) is 5.69 Å². The number of halogens is 1. The molecular weight excluding hydrogens is 330 g/mol. The van der Waals surface area contributed by atoms with E-state index in [2.05, 4.69) is 14.9 Å². The second-order valence-electron chi connectivity index (χ2n) is 5.27. The minimum absolute atomic E-state index is 0.173. The third kappa shape index (κ3) is 3.46. The molecule has 1 N–H and O–H groups in total. The molecule has 0 aliphatic carbocycles. The maximum Gasteiger partial charge on any atom is 0.271 e. The highest BCUT2D eigenvalue weighted by Gasteiger charge is 2.13. The lowest BCUT2D eigenvalue weighted by Crippen LogP contribution is -2.23. The molecule has 0 spiro atoms. The maximum atomic E-state index is 12.2. The molecule has 2 aromatic heterocycles. The topological polar surface area (TPSA) is 46.9 Å². The standard InChI is InChI=1S/C17H16ClN3OS/c1-11-3-8-15(21(11)2)17-20-14(10-23-17)16(22)19-9-12-4-6-13(18)7-5-12/h3-8,10H,9H2,1-2H3,(H,19,22). The summed E-state index contributed by atoms with van der Waals surface area (Å²) in [5, 5.41) is 6.19. The number of benzene rings is 1. The Morgan fingerprint density at radius 1 is 1.26 bits per heavy atom. The van der Waals surface area contributed by atoms with Crippen molar-refractivity contribution in [3.8, 4) is 10.7 Å². The lowest BCUT2D eigenvalue weighted by molar-refractivity contribution is 0.0946. The van der Waals surface area contributed by atoms with Crippen LogP contribution in [-0.2, 0) is 13.6 Å². The fraction of sp³-hybridized carbons (Fsp3) is 0.176. The zero-order valence-corrected chi connectivity index (χ0v) is 14.4. The van der Waals surface area contributed by atoms with E-state index in [1.54, 1.807) is 5.38 Å². The molecule has 0 aliphatic heterocycles. The molecule has 23 heavy (non-hydrogen) atoms. The summed E-state index contributed by atoms with van der Waals surface area (Å²) in [5.74, 6) is -0.173. The number of aromatic nitrogens is 2. The van der Waals surface area contributed by atoms with Crippen LogP contribution in [0.1, 0.15) is 21.7 Å². The molecule has 1 aromatic carbocycles. The Morgan fingerprint density at radius 2 is 2.00 bits per heavy atom. The summed E-state index contributed by atoms with van der Waals surface area (Å²) in [4.78, 5) is 16.7. The number of nitrogens with zero attached hydrogens (tertiary/aromatic N) is 2. The van der Waals surface area contributed by atoms with Gasteiger partial charge < -0.3 is 9.88 Å². The number of aryl methyl sites for hydroxylation is 1. The van der Waals surface area contributed by atoms with Crippen LogP contribution >= 0.6 is 22.9 Å². The van der Waals surface area contributed by atoms with Gasteiger partial charge in [-0.1, -0.05) is 23.7 Å². The third-order valence-corrected chi connectivity index (χ3v) is 4.81. The molecule has 0 radical (unpaired) electrons. The van der Waals surface area contributed by atoms with Gasteiger partial charge in [-0.3, -0.25) is 4.79 Å². The van der Waals surface area contributed by atoms with E-state index >= 15 is 0 Å². The Kier molecular flexibility index (Phi) is 4.50. The van der Waals surface area contributed by atoms with Crippen molar-refractivity contribution in [2.45, 2.75) is 13.5 Å². The minimum Gasteiger partial charge on any atom is -0.347 e. The maximum absolute atomic E-state index is 12.2. The van der Waals surface area contributed by atoms with Crippen LogP contribution in [0.15, 0.2) is 41.8 Å². The normalized spacial score (nSPS) is 10.7. The van der Waals surface area contributed by atoms with E-state index in [9.17, 15) is 4.79 Å². The first-order valence-corrected chi connectivity index (χ1v) is 8.41. The van der Waals surface area contributed by atoms with Crippen molar-refractivity contribution < 1.29 is 4.79 Å². The number of hydrogen-bond acceptors (Lipinski definition) is 3. The lowest BCUT2D eigenvalue weighted by atomic mass is 10.2. The molecule has 3 rings (SSSR count). The zero-order chi connectivity index (χ0) is 16.4. The summed E-state index contributed by atoms with van der Waals surface area (Å²) in [6.45, 7) is 2.49. The van der Waals surface area contributed by atoms with Crippen molar-refractivity contribution in [3.63, 3.8) is 0 Å². The predicted molar refractivity (Wildman–Crippen MR) is 93.9 cm³/mol. The molecule has 3 aromatic rings. The van der Waals surface area contributed by atoms with Crippen molar-refractivity contribution in [1.29, 1.82) is 0 Å². The summed E-state index contributed by atoms with van der Waals surface area (Å²) >= 11 is 7.32. The molecule has 1 amide bonds. The van der Waals surface area contributed by atoms with Crippen LogP contribution in [0.5, 0.6) is 0 Å². The molecule has 118 valence electrons. The third-order valence-electron chi connectivity index (χ3n) is 3.70. The smallest absolute Gasteiger partial charge is 0.271 e. The van der Waals surface area contributed by atoms with E-state index in [1.807, 2.05) is 50.4 Å². The van der Waals surface area contributed by atoms with Crippen molar-refractivity contribution >= 4 is 28.8 Å². The molecule has 0 saturated carbocycles. The van der Waals surface area contributed by atoms with Gasteiger partial charge in [0.25, 0.3) is 5.91 Å². The van der Waals surface area contributed by atoms with E-state index in [4.69, 9.17) is 11.6 Å². The minimum atomic E-state index is -0.173. The van der Waals surface area contributed by atoms with Crippen LogP contribution in [0.25, 0.3) is 10.7 Å². The Hall–Kier alpha value is -2.11. The second-order valence-corrected chi connectivity index (χ2v) is 6.56. The number of carbonyl (C=O) groups excluding carboxylic acids is 1. The van der Waals surface area contributed by atoms with Crippen LogP contribution in [0.2, 0.25) is 5.02 Å². The van der Waals surface area contributed by atoms with Gasteiger partial charge in [0, 0.05) is 29.7 Å². The van der Waals surface area contributed by atoms with Gasteiger partial charge in [-0.2, -0.15) is 0 Å². The summed E-state index contributed by atoms with van der Waals surface area (Å²) in [6, 6.07) is 11.5. The van der Waals surface area contributed by atoms with Gasteiger partial charge >= 0.3 is 0 Å². The van der Waals surface area contributed by atoms with Crippen LogP contribution in [0, 0.1) is 6.92 Å². The SMILES string of the molecule is Cc1ccc(-c2nc(C(=O)NCc3ccc(Cl)cc3)cs2)n1C. The number of hydrogen-bond donors (Lipinski definition) is 1. The Balaban J connectivity index is 1.69. The molecule has 6 heteroatoms. The van der Waals surface area contributed by atoms with E-state index in [1.165, 1.54) is 11.3 Å². The first-order chi connectivity index (χ1) is 11.0. The van der Waals surface area contributed by atoms with Crippen molar-refractivity contribution in [2.24, 2.45) is 7.05 Å². The van der Waals surface area contributed by atoms with E-state index in [0.717, 1.165) is 22.0 Å². The van der Waals surface area contributed by atoms with Gasteiger partial charge in [-0.25, -0.2) is 4.98 Å². The average Bonchev–Trinajstić information content (AvgIpc) is 3.15. The van der Waals surface area contributed by atoms with Gasteiger partial charge in [-0.15, -0.1) is 11.3 Å². The molecule has 0 fully saturated rings. The van der Waals surface area contributed by atoms with Gasteiger partial charge in [0.15, 0.2) is 0 Å². The van der Waals surface area contributed by atoms with Gasteiger partial charge in [0.1, 0.15) is 10.7 Å². The Morgan fingerprint density at radius 3 is 2.65 bits per heavy atom. The van der Waals surface area contributed by atoms with Gasteiger partial charge in [-0.05, 0) is 36.8 Å². The summed E-state index contributed by atoms with van der Waals surface area (Å²) < 4.78 is 2.06. The first-order valence-electron chi connectivity index (χ1n) is 7.15. The monoisotopic (exact) mass is 345 g/mol.